The molecular weight excluding hydrogens is 495 g/mol. The van der Waals surface area contributed by atoms with Crippen molar-refractivity contribution in [3.05, 3.63) is 95.9 Å². The van der Waals surface area contributed by atoms with Gasteiger partial charge in [0.1, 0.15) is 17.1 Å². The van der Waals surface area contributed by atoms with Gasteiger partial charge in [-0.1, -0.05) is 36.4 Å². The Balaban J connectivity index is 1.24. The summed E-state index contributed by atoms with van der Waals surface area (Å²) in [4.78, 5) is 21.0. The molecule has 2 aliphatic heterocycles. The molecule has 194 valence electrons. The van der Waals surface area contributed by atoms with Crippen LogP contribution in [0.3, 0.4) is 0 Å². The molecule has 0 unspecified atom stereocenters. The molecule has 1 aromatic heterocycles. The standard InChI is InChI=1S/C29H24F3N3O3/c30-22-16-24(32)23(31)15-21(22)26-25(33-27(37-26)19-7-3-1-4-8-19)17-34-13-11-29(12-14-34)18-35(28(36)38-29)20-9-5-2-6-10-20/h1-10,15-16H,11-14,17-18H2. The van der Waals surface area contributed by atoms with Crippen LogP contribution in [0.4, 0.5) is 23.7 Å². The second-order valence-corrected chi connectivity index (χ2v) is 9.66. The van der Waals surface area contributed by atoms with Gasteiger partial charge >= 0.3 is 6.09 Å². The number of para-hydroxylation sites is 1. The van der Waals surface area contributed by atoms with Crippen LogP contribution in [-0.4, -0.2) is 41.2 Å². The summed E-state index contributed by atoms with van der Waals surface area (Å²) in [5, 5.41) is 0. The van der Waals surface area contributed by atoms with E-state index in [1.165, 1.54) is 0 Å². The Labute approximate surface area is 217 Å². The molecule has 4 aromatic rings. The van der Waals surface area contributed by atoms with E-state index in [9.17, 15) is 18.0 Å². The Morgan fingerprint density at radius 1 is 0.868 bits per heavy atom. The fraction of sp³-hybridized carbons (Fsp3) is 0.241. The number of hydrogen-bond donors (Lipinski definition) is 0. The van der Waals surface area contributed by atoms with E-state index in [-0.39, 0.29) is 23.3 Å². The summed E-state index contributed by atoms with van der Waals surface area (Å²) >= 11 is 0. The molecule has 0 saturated carbocycles. The second kappa shape index (κ2) is 9.64. The quantitative estimate of drug-likeness (QED) is 0.285. The third-order valence-electron chi connectivity index (χ3n) is 7.15. The van der Waals surface area contributed by atoms with Crippen molar-refractivity contribution in [2.75, 3.05) is 24.5 Å². The average molecular weight is 520 g/mol. The fourth-order valence-electron chi connectivity index (χ4n) is 5.09. The molecule has 6 nitrogen and oxygen atoms in total. The maximum absolute atomic E-state index is 14.7. The molecule has 0 atom stereocenters. The van der Waals surface area contributed by atoms with Gasteiger partial charge in [-0.05, 0) is 30.3 Å². The molecule has 3 heterocycles. The monoisotopic (exact) mass is 519 g/mol. The number of anilines is 1. The van der Waals surface area contributed by atoms with E-state index in [4.69, 9.17) is 9.15 Å². The SMILES string of the molecule is O=C1OC2(CCN(Cc3nc(-c4ccccc4)oc3-c3cc(F)c(F)cc3F)CC2)CN1c1ccccc1. The number of hydrogen-bond acceptors (Lipinski definition) is 5. The van der Waals surface area contributed by atoms with E-state index in [0.29, 0.717) is 56.3 Å². The van der Waals surface area contributed by atoms with Gasteiger partial charge < -0.3 is 9.15 Å². The summed E-state index contributed by atoms with van der Waals surface area (Å²) in [6.07, 6.45) is 0.866. The molecule has 2 fully saturated rings. The number of piperidine rings is 1. The van der Waals surface area contributed by atoms with Gasteiger partial charge in [0.2, 0.25) is 5.89 Å². The Morgan fingerprint density at radius 2 is 1.53 bits per heavy atom. The Bertz CT molecular complexity index is 1470. The van der Waals surface area contributed by atoms with Gasteiger partial charge in [0.15, 0.2) is 17.4 Å². The number of aromatic nitrogens is 1. The Morgan fingerprint density at radius 3 is 2.24 bits per heavy atom. The maximum Gasteiger partial charge on any atom is 0.415 e. The highest BCUT2D eigenvalue weighted by atomic mass is 19.2. The minimum atomic E-state index is -1.27. The first-order valence-electron chi connectivity index (χ1n) is 12.4. The van der Waals surface area contributed by atoms with Crippen LogP contribution in [0, 0.1) is 17.5 Å². The van der Waals surface area contributed by atoms with Crippen LogP contribution >= 0.6 is 0 Å². The van der Waals surface area contributed by atoms with Crippen molar-refractivity contribution in [3.8, 4) is 22.8 Å². The van der Waals surface area contributed by atoms with E-state index in [0.717, 1.165) is 11.8 Å². The van der Waals surface area contributed by atoms with Gasteiger partial charge in [0.05, 0.1) is 12.1 Å². The van der Waals surface area contributed by atoms with Gasteiger partial charge in [0, 0.05) is 49.8 Å². The molecule has 9 heteroatoms. The Kier molecular flexibility index (Phi) is 6.15. The summed E-state index contributed by atoms with van der Waals surface area (Å²) in [5.41, 5.74) is 1.12. The number of nitrogens with zero attached hydrogens (tertiary/aromatic N) is 3. The minimum absolute atomic E-state index is 0.0584. The fourth-order valence-corrected chi connectivity index (χ4v) is 5.09. The summed E-state index contributed by atoms with van der Waals surface area (Å²) in [7, 11) is 0. The Hall–Kier alpha value is -4.11. The van der Waals surface area contributed by atoms with Crippen LogP contribution in [0.2, 0.25) is 0 Å². The highest BCUT2D eigenvalue weighted by molar-refractivity contribution is 5.90. The van der Waals surface area contributed by atoms with Gasteiger partial charge in [-0.3, -0.25) is 9.80 Å². The number of likely N-dealkylation sites (tertiary alicyclic amines) is 1. The lowest BCUT2D eigenvalue weighted by molar-refractivity contribution is -0.00119. The molecule has 0 N–H and O–H groups in total. The lowest BCUT2D eigenvalue weighted by Crippen LogP contribution is -2.46. The summed E-state index contributed by atoms with van der Waals surface area (Å²) < 4.78 is 54.2. The molecule has 38 heavy (non-hydrogen) atoms. The zero-order chi connectivity index (χ0) is 26.3. The lowest BCUT2D eigenvalue weighted by Gasteiger charge is -2.37. The van der Waals surface area contributed by atoms with Gasteiger partial charge in [0.25, 0.3) is 0 Å². The number of amides is 1. The first kappa shape index (κ1) is 24.2. The average Bonchev–Trinajstić information content (AvgIpc) is 3.49. The van der Waals surface area contributed by atoms with Crippen molar-refractivity contribution >= 4 is 11.8 Å². The number of rotatable bonds is 5. The molecule has 2 aliphatic rings. The largest absolute Gasteiger partial charge is 0.441 e. The molecule has 0 bridgehead atoms. The zero-order valence-electron chi connectivity index (χ0n) is 20.4. The van der Waals surface area contributed by atoms with Crippen LogP contribution in [0.1, 0.15) is 18.5 Å². The number of ether oxygens (including phenoxy) is 1. The smallest absolute Gasteiger partial charge is 0.415 e. The van der Waals surface area contributed by atoms with Crippen molar-refractivity contribution < 1.29 is 27.1 Å². The molecular formula is C29H24F3N3O3. The predicted molar refractivity (Wildman–Crippen MR) is 135 cm³/mol. The maximum atomic E-state index is 14.7. The summed E-state index contributed by atoms with van der Waals surface area (Å²) in [5.74, 6) is -3.06. The molecule has 1 amide bonds. The topological polar surface area (TPSA) is 58.8 Å². The highest BCUT2D eigenvalue weighted by Crippen LogP contribution is 2.38. The van der Waals surface area contributed by atoms with Crippen molar-refractivity contribution in [2.45, 2.75) is 25.0 Å². The minimum Gasteiger partial charge on any atom is -0.441 e. The van der Waals surface area contributed by atoms with Crippen molar-refractivity contribution in [2.24, 2.45) is 0 Å². The molecule has 0 radical (unpaired) electrons. The molecule has 6 rings (SSSR count). The number of halogens is 3. The van der Waals surface area contributed by atoms with E-state index < -0.39 is 23.1 Å². The molecule has 3 aromatic carbocycles. The van der Waals surface area contributed by atoms with E-state index in [1.54, 1.807) is 17.0 Å². The van der Waals surface area contributed by atoms with Crippen LogP contribution < -0.4 is 4.90 Å². The third kappa shape index (κ3) is 4.54. The summed E-state index contributed by atoms with van der Waals surface area (Å²) in [6, 6.07) is 19.8. The van der Waals surface area contributed by atoms with E-state index >= 15 is 0 Å². The van der Waals surface area contributed by atoms with Gasteiger partial charge in [-0.25, -0.2) is 22.9 Å². The lowest BCUT2D eigenvalue weighted by atomic mass is 9.91. The number of benzene rings is 3. The number of carbonyl (C=O) groups is 1. The molecule has 2 saturated heterocycles. The zero-order valence-corrected chi connectivity index (χ0v) is 20.4. The first-order valence-corrected chi connectivity index (χ1v) is 12.4. The van der Waals surface area contributed by atoms with Crippen molar-refractivity contribution in [3.63, 3.8) is 0 Å². The predicted octanol–water partition coefficient (Wildman–Crippen LogP) is 6.42. The van der Waals surface area contributed by atoms with Crippen LogP contribution in [0.25, 0.3) is 22.8 Å². The van der Waals surface area contributed by atoms with Crippen LogP contribution in [-0.2, 0) is 11.3 Å². The first-order chi connectivity index (χ1) is 18.4. The highest BCUT2D eigenvalue weighted by Gasteiger charge is 2.47. The van der Waals surface area contributed by atoms with E-state index in [2.05, 4.69) is 9.88 Å². The van der Waals surface area contributed by atoms with Gasteiger partial charge in [-0.15, -0.1) is 0 Å². The third-order valence-corrected chi connectivity index (χ3v) is 7.15. The van der Waals surface area contributed by atoms with Crippen molar-refractivity contribution in [1.82, 2.24) is 9.88 Å². The molecule has 0 aliphatic carbocycles. The summed E-state index contributed by atoms with van der Waals surface area (Å²) in [6.45, 7) is 1.97. The van der Waals surface area contributed by atoms with Gasteiger partial charge in [-0.2, -0.15) is 0 Å². The number of carbonyl (C=O) groups excluding carboxylic acids is 1. The normalized spacial score (nSPS) is 17.2. The second-order valence-electron chi connectivity index (χ2n) is 9.66. The van der Waals surface area contributed by atoms with Crippen LogP contribution in [0.5, 0.6) is 0 Å². The van der Waals surface area contributed by atoms with Crippen LogP contribution in [0.15, 0.2) is 77.2 Å². The van der Waals surface area contributed by atoms with Crippen molar-refractivity contribution in [1.29, 1.82) is 0 Å². The number of oxazole rings is 1. The van der Waals surface area contributed by atoms with E-state index in [1.807, 2.05) is 48.5 Å². The molecule has 1 spiro atoms.